The summed E-state index contributed by atoms with van der Waals surface area (Å²) in [4.78, 5) is 0.117. The van der Waals surface area contributed by atoms with Crippen LogP contribution in [-0.2, 0) is 42.0 Å². The molecule has 0 aromatic heterocycles. The van der Waals surface area contributed by atoms with E-state index in [9.17, 15) is 11.7 Å². The zero-order chi connectivity index (χ0) is 25.9. The second kappa shape index (κ2) is 14.4. The monoisotopic (exact) mass is 534 g/mol. The minimum absolute atomic E-state index is 0.117. The summed E-state index contributed by atoms with van der Waals surface area (Å²) in [5, 5.41) is 0. The molecule has 0 atom stereocenters. The van der Waals surface area contributed by atoms with Crippen molar-refractivity contribution in [1.82, 2.24) is 0 Å². The van der Waals surface area contributed by atoms with Crippen molar-refractivity contribution in [3.63, 3.8) is 0 Å². The number of benzene rings is 1. The van der Waals surface area contributed by atoms with Gasteiger partial charge in [0.1, 0.15) is 0 Å². The quantitative estimate of drug-likeness (QED) is 0.139. The third kappa shape index (κ3) is 8.92. The van der Waals surface area contributed by atoms with Crippen molar-refractivity contribution in [3.05, 3.63) is 29.8 Å². The Morgan fingerprint density at radius 3 is 1.71 bits per heavy atom. The summed E-state index contributed by atoms with van der Waals surface area (Å²) >= 11 is -5.62. The number of aryl methyl sites for hydroxylation is 1. The van der Waals surface area contributed by atoms with Crippen molar-refractivity contribution >= 4 is 10.1 Å². The summed E-state index contributed by atoms with van der Waals surface area (Å²) in [7, 11) is -4.26. The van der Waals surface area contributed by atoms with E-state index >= 15 is 0 Å². The third-order valence-electron chi connectivity index (χ3n) is 6.86. The van der Waals surface area contributed by atoms with Crippen LogP contribution >= 0.6 is 0 Å². The van der Waals surface area contributed by atoms with Crippen molar-refractivity contribution in [2.45, 2.75) is 139 Å². The van der Waals surface area contributed by atoms with E-state index in [4.69, 9.17) is 6.08 Å². The molecule has 0 aliphatic heterocycles. The molecule has 34 heavy (non-hydrogen) atoms. The Labute approximate surface area is 211 Å². The van der Waals surface area contributed by atoms with Crippen LogP contribution in [0.5, 0.6) is 0 Å². The van der Waals surface area contributed by atoms with Gasteiger partial charge >= 0.3 is 186 Å². The molecule has 0 heterocycles. The average molecular weight is 535 g/mol. The van der Waals surface area contributed by atoms with E-state index in [1.54, 1.807) is 53.7 Å². The molecule has 1 rings (SSSR count). The van der Waals surface area contributed by atoms with Gasteiger partial charge in [0.05, 0.1) is 0 Å². The molecular weight excluding hydrogens is 484 g/mol. The first-order chi connectivity index (χ1) is 15.9. The van der Waals surface area contributed by atoms with Gasteiger partial charge in [-0.05, 0) is 0 Å². The fourth-order valence-corrected chi connectivity index (χ4v) is 15.1. The molecule has 0 radical (unpaired) electrons. The minimum atomic E-state index is -5.62. The Morgan fingerprint density at radius 2 is 1.24 bits per heavy atom. The molecule has 0 fully saturated rings. The van der Waals surface area contributed by atoms with E-state index in [-0.39, 0.29) is 4.90 Å². The van der Waals surface area contributed by atoms with Crippen LogP contribution in [0.1, 0.15) is 118 Å². The van der Waals surface area contributed by atoms with E-state index in [2.05, 4.69) is 6.92 Å². The van der Waals surface area contributed by atoms with Gasteiger partial charge in [0, 0.05) is 0 Å². The molecular formula is C27H50O5STi. The van der Waals surface area contributed by atoms with Crippen LogP contribution < -0.4 is 0 Å². The molecule has 0 unspecified atom stereocenters. The molecule has 0 spiro atoms. The van der Waals surface area contributed by atoms with Gasteiger partial charge in [-0.3, -0.25) is 0 Å². The summed E-state index contributed by atoms with van der Waals surface area (Å²) in [5.41, 5.74) is 0.722. The number of rotatable bonds is 18. The second-order valence-electron chi connectivity index (χ2n) is 10.7. The third-order valence-corrected chi connectivity index (χ3v) is 18.9. The summed E-state index contributed by atoms with van der Waals surface area (Å²) in [5.74, 6) is 0. The Kier molecular flexibility index (Phi) is 13.4. The van der Waals surface area contributed by atoms with Crippen LogP contribution in [0.2, 0.25) is 8.45 Å². The Bertz CT molecular complexity index is 878. The van der Waals surface area contributed by atoms with Gasteiger partial charge in [0.2, 0.25) is 0 Å². The molecule has 198 valence electrons. The predicted molar refractivity (Wildman–Crippen MR) is 137 cm³/mol. The van der Waals surface area contributed by atoms with Gasteiger partial charge in [0.15, 0.2) is 0 Å². The Hall–Kier alpha value is -0.396. The predicted octanol–water partition coefficient (Wildman–Crippen LogP) is 8.80. The molecule has 0 saturated carbocycles. The van der Waals surface area contributed by atoms with Crippen LogP contribution in [0.15, 0.2) is 29.2 Å². The number of hydrogen-bond donors (Lipinski definition) is 0. The van der Waals surface area contributed by atoms with Crippen LogP contribution in [0.25, 0.3) is 0 Å². The first kappa shape index (κ1) is 31.6. The zero-order valence-corrected chi connectivity index (χ0v) is 25.1. The maximum atomic E-state index is 14.4. The number of unbranched alkanes of at least 4 members (excludes halogenated alkanes) is 9. The van der Waals surface area contributed by atoms with E-state index in [0.717, 1.165) is 18.4 Å². The fourth-order valence-electron chi connectivity index (χ4n) is 4.63. The van der Waals surface area contributed by atoms with Gasteiger partial charge in [-0.25, -0.2) is 0 Å². The molecule has 0 aliphatic carbocycles. The Morgan fingerprint density at radius 1 is 0.765 bits per heavy atom. The van der Waals surface area contributed by atoms with Crippen LogP contribution in [-0.4, -0.2) is 14.5 Å². The molecule has 5 nitrogen and oxygen atoms in total. The molecule has 7 heteroatoms. The van der Waals surface area contributed by atoms with Crippen LogP contribution in [0.3, 0.4) is 0 Å². The van der Waals surface area contributed by atoms with Gasteiger partial charge in [-0.1, -0.05) is 26.2 Å². The van der Waals surface area contributed by atoms with Crippen molar-refractivity contribution < 1.29 is 33.9 Å². The van der Waals surface area contributed by atoms with Gasteiger partial charge in [0.25, 0.3) is 0 Å². The molecule has 0 amide bonds. The first-order valence-corrected chi connectivity index (χ1v) is 18.6. The van der Waals surface area contributed by atoms with Crippen molar-refractivity contribution in [2.75, 3.05) is 0 Å². The standard InChI is InChI=1S/C18H30O3S.C3H7O.2C3H7.O.Ti/c1-2-3-4-5-6-7-8-9-10-11-14-17-15-12-13-16-18(17)22(19,20)21;1-3(2)4;2*1-3-2;;/h12-13,15-16H,2-11,14H2,1H3,(H,19,20,21);3H,1-2H3;2*3H,1-2H3;;/q;-1;;;;+2/p-1. The van der Waals surface area contributed by atoms with Gasteiger partial charge in [-0.2, -0.15) is 0 Å². The molecule has 1 aromatic carbocycles. The van der Waals surface area contributed by atoms with E-state index in [0.29, 0.717) is 6.42 Å². The normalized spacial score (nSPS) is 13.4. The SMILES string of the molecule is CCCCCCCCCCCCc1ccccc1S(=O)(=O)[O][Ti](=[O])([O]C(C)C)([CH](C)C)[CH](C)C. The topological polar surface area (TPSA) is 69.7 Å². The summed E-state index contributed by atoms with van der Waals surface area (Å²) in [6, 6.07) is 6.94. The summed E-state index contributed by atoms with van der Waals surface area (Å²) in [6.07, 6.45) is 12.5. The van der Waals surface area contributed by atoms with Gasteiger partial charge < -0.3 is 0 Å². The zero-order valence-electron chi connectivity index (χ0n) is 22.8. The molecule has 1 aromatic rings. The molecule has 0 saturated heterocycles. The van der Waals surface area contributed by atoms with E-state index in [1.807, 2.05) is 12.1 Å². The summed E-state index contributed by atoms with van der Waals surface area (Å²) in [6.45, 7) is 12.7. The van der Waals surface area contributed by atoms with Crippen molar-refractivity contribution in [1.29, 1.82) is 0 Å². The average Bonchev–Trinajstić information content (AvgIpc) is 2.74. The molecule has 0 bridgehead atoms. The molecule has 0 N–H and O–H groups in total. The van der Waals surface area contributed by atoms with Crippen molar-refractivity contribution in [3.8, 4) is 0 Å². The first-order valence-electron chi connectivity index (χ1n) is 13.5. The molecule has 0 aliphatic rings. The Balaban J connectivity index is 2.87. The van der Waals surface area contributed by atoms with Crippen molar-refractivity contribution in [2.24, 2.45) is 0 Å². The van der Waals surface area contributed by atoms with Crippen LogP contribution in [0, 0.1) is 0 Å². The maximum absolute atomic E-state index is 14.4. The number of hydrogen-bond acceptors (Lipinski definition) is 5. The van der Waals surface area contributed by atoms with E-state index < -0.39 is 40.7 Å². The van der Waals surface area contributed by atoms with Gasteiger partial charge in [-0.15, -0.1) is 0 Å². The van der Waals surface area contributed by atoms with E-state index in [1.165, 1.54) is 51.4 Å². The summed E-state index contributed by atoms with van der Waals surface area (Å²) < 4.78 is 52.0. The van der Waals surface area contributed by atoms with Crippen LogP contribution in [0.4, 0.5) is 0 Å². The fraction of sp³-hybridized carbons (Fsp3) is 0.778. The second-order valence-corrected chi connectivity index (χ2v) is 20.5.